The molecular formula is C17H17N3O. The third-order valence-electron chi connectivity index (χ3n) is 4.43. The molecule has 1 aliphatic rings. The minimum Gasteiger partial charge on any atom is -0.350 e. The van der Waals surface area contributed by atoms with E-state index in [0.717, 1.165) is 48.3 Å². The van der Waals surface area contributed by atoms with E-state index in [1.165, 1.54) is 10.9 Å². The van der Waals surface area contributed by atoms with Gasteiger partial charge in [-0.3, -0.25) is 0 Å². The molecule has 4 heteroatoms. The molecule has 4 rings (SSSR count). The number of rotatable bonds is 2. The highest BCUT2D eigenvalue weighted by molar-refractivity contribution is 5.94. The van der Waals surface area contributed by atoms with E-state index < -0.39 is 0 Å². The maximum Gasteiger partial charge on any atom is 0.139 e. The van der Waals surface area contributed by atoms with Crippen molar-refractivity contribution < 1.29 is 4.79 Å². The number of nitrogens with zero attached hydrogens (tertiary/aromatic N) is 2. The minimum absolute atomic E-state index is 0.137. The van der Waals surface area contributed by atoms with Crippen LogP contribution in [0.5, 0.6) is 0 Å². The van der Waals surface area contributed by atoms with Gasteiger partial charge < -0.3 is 14.3 Å². The first-order chi connectivity index (χ1) is 10.3. The lowest BCUT2D eigenvalue weighted by atomic mass is 9.91. The van der Waals surface area contributed by atoms with Crippen molar-refractivity contribution in [2.45, 2.75) is 19.3 Å². The molecule has 1 N–H and O–H groups in total. The molecule has 0 fully saturated rings. The second-order valence-electron chi connectivity index (χ2n) is 5.82. The maximum absolute atomic E-state index is 11.0. The highest BCUT2D eigenvalue weighted by Crippen LogP contribution is 2.31. The van der Waals surface area contributed by atoms with Gasteiger partial charge in [0.2, 0.25) is 0 Å². The third-order valence-corrected chi connectivity index (χ3v) is 4.43. The quantitative estimate of drug-likeness (QED) is 0.733. The SMILES string of the molecule is Cn1cc(-c2nc3c([nH]2)C[C@H](C=O)CC3)c2ccccc21. The van der Waals surface area contributed by atoms with E-state index in [1.807, 2.05) is 6.07 Å². The molecule has 0 spiro atoms. The molecule has 2 heterocycles. The van der Waals surface area contributed by atoms with Gasteiger partial charge in [0.1, 0.15) is 12.1 Å². The molecule has 1 aromatic carbocycles. The molecule has 3 aromatic rings. The number of hydrogen-bond donors (Lipinski definition) is 1. The highest BCUT2D eigenvalue weighted by Gasteiger charge is 2.22. The van der Waals surface area contributed by atoms with Crippen LogP contribution in [0, 0.1) is 5.92 Å². The summed E-state index contributed by atoms with van der Waals surface area (Å²) < 4.78 is 2.13. The molecule has 1 aliphatic carbocycles. The zero-order chi connectivity index (χ0) is 14.4. The molecule has 0 radical (unpaired) electrons. The highest BCUT2D eigenvalue weighted by atomic mass is 16.1. The largest absolute Gasteiger partial charge is 0.350 e. The van der Waals surface area contributed by atoms with Gasteiger partial charge in [0.15, 0.2) is 0 Å². The summed E-state index contributed by atoms with van der Waals surface area (Å²) in [5.74, 6) is 1.06. The molecule has 0 amide bonds. The Morgan fingerprint density at radius 1 is 1.38 bits per heavy atom. The lowest BCUT2D eigenvalue weighted by Crippen LogP contribution is -2.14. The first-order valence-electron chi connectivity index (χ1n) is 7.33. The smallest absolute Gasteiger partial charge is 0.139 e. The molecule has 0 bridgehead atoms. The van der Waals surface area contributed by atoms with Crippen LogP contribution in [-0.2, 0) is 24.7 Å². The fourth-order valence-corrected chi connectivity index (χ4v) is 3.28. The van der Waals surface area contributed by atoms with Crippen LogP contribution in [0.4, 0.5) is 0 Å². The molecular weight excluding hydrogens is 262 g/mol. The number of carbonyl (C=O) groups excluding carboxylic acids is 1. The number of aromatic nitrogens is 3. The van der Waals surface area contributed by atoms with Crippen molar-refractivity contribution in [2.75, 3.05) is 0 Å². The number of nitrogens with one attached hydrogen (secondary N) is 1. The second-order valence-corrected chi connectivity index (χ2v) is 5.82. The fourth-order valence-electron chi connectivity index (χ4n) is 3.28. The Morgan fingerprint density at radius 2 is 2.24 bits per heavy atom. The van der Waals surface area contributed by atoms with Crippen LogP contribution in [0.3, 0.4) is 0 Å². The number of aryl methyl sites for hydroxylation is 2. The monoisotopic (exact) mass is 279 g/mol. The first-order valence-corrected chi connectivity index (χ1v) is 7.33. The normalized spacial score (nSPS) is 17.9. The summed E-state index contributed by atoms with van der Waals surface area (Å²) in [6, 6.07) is 8.34. The van der Waals surface area contributed by atoms with E-state index >= 15 is 0 Å². The van der Waals surface area contributed by atoms with E-state index in [1.54, 1.807) is 0 Å². The van der Waals surface area contributed by atoms with Crippen molar-refractivity contribution in [1.82, 2.24) is 14.5 Å². The fraction of sp³-hybridized carbons (Fsp3) is 0.294. The molecule has 4 nitrogen and oxygen atoms in total. The zero-order valence-corrected chi connectivity index (χ0v) is 12.0. The van der Waals surface area contributed by atoms with Gasteiger partial charge in [0.05, 0.1) is 5.69 Å². The van der Waals surface area contributed by atoms with Gasteiger partial charge >= 0.3 is 0 Å². The van der Waals surface area contributed by atoms with Crippen LogP contribution in [0.1, 0.15) is 17.8 Å². The Labute approximate surface area is 122 Å². The van der Waals surface area contributed by atoms with Gasteiger partial charge in [0.25, 0.3) is 0 Å². The van der Waals surface area contributed by atoms with E-state index in [0.29, 0.717) is 0 Å². The molecule has 106 valence electrons. The first kappa shape index (κ1) is 12.4. The number of H-pyrrole nitrogens is 1. The van der Waals surface area contributed by atoms with Crippen molar-refractivity contribution in [1.29, 1.82) is 0 Å². The van der Waals surface area contributed by atoms with Crippen LogP contribution in [0.15, 0.2) is 30.5 Å². The van der Waals surface area contributed by atoms with E-state index in [4.69, 9.17) is 4.98 Å². The number of imidazole rings is 1. The van der Waals surface area contributed by atoms with Crippen LogP contribution >= 0.6 is 0 Å². The second kappa shape index (κ2) is 4.58. The summed E-state index contributed by atoms with van der Waals surface area (Å²) in [6.07, 6.45) is 5.78. The van der Waals surface area contributed by atoms with Gasteiger partial charge in [-0.1, -0.05) is 18.2 Å². The van der Waals surface area contributed by atoms with Gasteiger partial charge in [0, 0.05) is 41.3 Å². The van der Waals surface area contributed by atoms with Crippen molar-refractivity contribution in [3.8, 4) is 11.4 Å². The van der Waals surface area contributed by atoms with Crippen LogP contribution in [0.2, 0.25) is 0 Å². The van der Waals surface area contributed by atoms with Crippen molar-refractivity contribution >= 4 is 17.2 Å². The Hall–Kier alpha value is -2.36. The van der Waals surface area contributed by atoms with Crippen molar-refractivity contribution in [3.63, 3.8) is 0 Å². The summed E-state index contributed by atoms with van der Waals surface area (Å²) in [4.78, 5) is 19.2. The summed E-state index contributed by atoms with van der Waals surface area (Å²) >= 11 is 0. The predicted octanol–water partition coefficient (Wildman–Crippen LogP) is 2.87. The number of para-hydroxylation sites is 1. The third kappa shape index (κ3) is 1.90. The van der Waals surface area contributed by atoms with Crippen LogP contribution in [0.25, 0.3) is 22.3 Å². The molecule has 1 atom stereocenters. The van der Waals surface area contributed by atoms with Gasteiger partial charge in [-0.2, -0.15) is 0 Å². The number of hydrogen-bond acceptors (Lipinski definition) is 2. The Bertz CT molecular complexity index is 828. The summed E-state index contributed by atoms with van der Waals surface area (Å²) in [5.41, 5.74) is 4.58. The van der Waals surface area contributed by atoms with E-state index in [-0.39, 0.29) is 5.92 Å². The average molecular weight is 279 g/mol. The predicted molar refractivity (Wildman–Crippen MR) is 82.1 cm³/mol. The van der Waals surface area contributed by atoms with Gasteiger partial charge in [-0.15, -0.1) is 0 Å². The van der Waals surface area contributed by atoms with Crippen LogP contribution < -0.4 is 0 Å². The zero-order valence-electron chi connectivity index (χ0n) is 12.0. The average Bonchev–Trinajstić information content (AvgIpc) is 3.08. The van der Waals surface area contributed by atoms with Crippen molar-refractivity contribution in [2.24, 2.45) is 13.0 Å². The lowest BCUT2D eigenvalue weighted by molar-refractivity contribution is -0.111. The summed E-state index contributed by atoms with van der Waals surface area (Å²) in [5, 5.41) is 1.21. The Kier molecular flexibility index (Phi) is 2.70. The number of aromatic amines is 1. The maximum atomic E-state index is 11.0. The van der Waals surface area contributed by atoms with Gasteiger partial charge in [-0.05, 0) is 25.3 Å². The van der Waals surface area contributed by atoms with Crippen LogP contribution in [-0.4, -0.2) is 20.8 Å². The molecule has 0 unspecified atom stereocenters. The lowest BCUT2D eigenvalue weighted by Gasteiger charge is -2.14. The van der Waals surface area contributed by atoms with E-state index in [9.17, 15) is 4.79 Å². The standard InChI is InChI=1S/C17H17N3O/c1-20-9-13(12-4-2-3-5-16(12)20)17-18-14-7-6-11(10-21)8-15(14)19-17/h2-5,9-11H,6-8H2,1H3,(H,18,19)/t11-/m1/s1. The number of fused-ring (bicyclic) bond motifs is 2. The Morgan fingerprint density at radius 3 is 3.10 bits per heavy atom. The van der Waals surface area contributed by atoms with Gasteiger partial charge in [-0.25, -0.2) is 4.98 Å². The minimum atomic E-state index is 0.137. The molecule has 0 aliphatic heterocycles. The summed E-state index contributed by atoms with van der Waals surface area (Å²) in [7, 11) is 2.05. The van der Waals surface area contributed by atoms with E-state index in [2.05, 4.69) is 41.0 Å². The molecule has 0 saturated carbocycles. The van der Waals surface area contributed by atoms with Crippen molar-refractivity contribution in [3.05, 3.63) is 41.9 Å². The Balaban J connectivity index is 1.83. The molecule has 0 saturated heterocycles. The number of aldehydes is 1. The summed E-state index contributed by atoms with van der Waals surface area (Å²) in [6.45, 7) is 0. The molecule has 21 heavy (non-hydrogen) atoms. The molecule has 2 aromatic heterocycles. The topological polar surface area (TPSA) is 50.7 Å². The number of benzene rings is 1. The number of carbonyl (C=O) groups is 1.